The van der Waals surface area contributed by atoms with Gasteiger partial charge in [0.05, 0.1) is 22.4 Å². The molecule has 1 heterocycles. The van der Waals surface area contributed by atoms with Crippen LogP contribution in [0.1, 0.15) is 12.8 Å². The van der Waals surface area contributed by atoms with Crippen molar-refractivity contribution in [3.05, 3.63) is 70.8 Å². The zero-order chi connectivity index (χ0) is 19.9. The van der Waals surface area contributed by atoms with Gasteiger partial charge in [0.25, 0.3) is 5.69 Å². The molecule has 6 rings (SSSR count). The SMILES string of the molecule is O=C1[C@H]2[C@H](C(=O)N1c1ccc(-c3ccc([N+](=O)[O-])cc3)cc1)[C@H]1C=C[C@H]2C12CC2. The van der Waals surface area contributed by atoms with Crippen LogP contribution >= 0.6 is 0 Å². The molecule has 0 aromatic heterocycles. The molecule has 4 aliphatic rings. The first-order chi connectivity index (χ1) is 14.0. The van der Waals surface area contributed by atoms with Gasteiger partial charge in [0.15, 0.2) is 0 Å². The first-order valence-electron chi connectivity index (χ1n) is 9.92. The van der Waals surface area contributed by atoms with E-state index in [0.717, 1.165) is 24.0 Å². The van der Waals surface area contributed by atoms with Crippen molar-refractivity contribution in [1.82, 2.24) is 0 Å². The highest BCUT2D eigenvalue weighted by Gasteiger charge is 2.73. The average Bonchev–Trinajstić information content (AvgIpc) is 3.33. The van der Waals surface area contributed by atoms with Gasteiger partial charge < -0.3 is 0 Å². The van der Waals surface area contributed by atoms with Crippen LogP contribution in [0.3, 0.4) is 0 Å². The number of carbonyl (C=O) groups is 2. The molecule has 3 fully saturated rings. The molecule has 0 radical (unpaired) electrons. The van der Waals surface area contributed by atoms with Crippen molar-refractivity contribution in [1.29, 1.82) is 0 Å². The fourth-order valence-corrected chi connectivity index (χ4v) is 5.91. The van der Waals surface area contributed by atoms with Crippen LogP contribution in [0.5, 0.6) is 0 Å². The molecule has 3 aliphatic carbocycles. The molecular weight excluding hydrogens is 368 g/mol. The van der Waals surface area contributed by atoms with Gasteiger partial charge in [-0.25, -0.2) is 0 Å². The Morgan fingerprint density at radius 3 is 1.76 bits per heavy atom. The Balaban J connectivity index is 1.28. The van der Waals surface area contributed by atoms with Crippen molar-refractivity contribution in [3.8, 4) is 11.1 Å². The summed E-state index contributed by atoms with van der Waals surface area (Å²) in [6.45, 7) is 0. The lowest BCUT2D eigenvalue weighted by atomic mass is 9.85. The number of anilines is 1. The van der Waals surface area contributed by atoms with Gasteiger partial charge in [0.1, 0.15) is 0 Å². The molecule has 1 spiro atoms. The maximum atomic E-state index is 13.2. The predicted molar refractivity (Wildman–Crippen MR) is 106 cm³/mol. The number of amides is 2. The Morgan fingerprint density at radius 2 is 1.31 bits per heavy atom. The van der Waals surface area contributed by atoms with E-state index in [-0.39, 0.29) is 46.6 Å². The number of fused-ring (bicyclic) bond motifs is 3. The molecule has 1 saturated heterocycles. The molecule has 2 bridgehead atoms. The van der Waals surface area contributed by atoms with Gasteiger partial charge in [0, 0.05) is 12.1 Å². The van der Waals surface area contributed by atoms with Crippen LogP contribution in [0.4, 0.5) is 11.4 Å². The van der Waals surface area contributed by atoms with E-state index in [1.807, 2.05) is 12.1 Å². The number of carbonyl (C=O) groups excluding carboxylic acids is 2. The van der Waals surface area contributed by atoms with E-state index >= 15 is 0 Å². The van der Waals surface area contributed by atoms with Crippen molar-refractivity contribution >= 4 is 23.2 Å². The summed E-state index contributed by atoms with van der Waals surface area (Å²) in [5.41, 5.74) is 2.57. The first-order valence-corrected chi connectivity index (χ1v) is 9.92. The highest BCUT2D eigenvalue weighted by atomic mass is 16.6. The van der Waals surface area contributed by atoms with E-state index in [1.165, 1.54) is 17.0 Å². The topological polar surface area (TPSA) is 80.5 Å². The fourth-order valence-electron chi connectivity index (χ4n) is 5.91. The van der Waals surface area contributed by atoms with Crippen LogP contribution in [0.25, 0.3) is 11.1 Å². The molecular formula is C23H18N2O4. The second kappa shape index (κ2) is 5.41. The van der Waals surface area contributed by atoms with Gasteiger partial charge in [-0.2, -0.15) is 0 Å². The Labute approximate surface area is 167 Å². The molecule has 2 amide bonds. The molecule has 1 aliphatic heterocycles. The van der Waals surface area contributed by atoms with E-state index in [9.17, 15) is 19.7 Å². The Bertz CT molecular complexity index is 1060. The zero-order valence-electron chi connectivity index (χ0n) is 15.5. The molecule has 0 N–H and O–H groups in total. The molecule has 6 nitrogen and oxygen atoms in total. The highest BCUT2D eigenvalue weighted by molar-refractivity contribution is 6.23. The molecule has 2 saturated carbocycles. The number of hydrogen-bond acceptors (Lipinski definition) is 4. The van der Waals surface area contributed by atoms with Gasteiger partial charge in [0.2, 0.25) is 11.8 Å². The summed E-state index contributed by atoms with van der Waals surface area (Å²) < 4.78 is 0. The van der Waals surface area contributed by atoms with Crippen LogP contribution in [0, 0.1) is 39.2 Å². The normalized spacial score (nSPS) is 30.3. The Hall–Kier alpha value is -3.28. The summed E-state index contributed by atoms with van der Waals surface area (Å²) >= 11 is 0. The van der Waals surface area contributed by atoms with Gasteiger partial charge >= 0.3 is 0 Å². The van der Waals surface area contributed by atoms with Crippen LogP contribution in [-0.4, -0.2) is 16.7 Å². The first kappa shape index (κ1) is 16.7. The molecule has 29 heavy (non-hydrogen) atoms. The van der Waals surface area contributed by atoms with E-state index < -0.39 is 4.92 Å². The summed E-state index contributed by atoms with van der Waals surface area (Å²) in [4.78, 5) is 38.1. The van der Waals surface area contributed by atoms with Crippen molar-refractivity contribution in [3.63, 3.8) is 0 Å². The Kier molecular flexibility index (Phi) is 3.10. The minimum atomic E-state index is -0.428. The number of allylic oxidation sites excluding steroid dienone is 2. The number of nitro benzene ring substituents is 1. The minimum Gasteiger partial charge on any atom is -0.274 e. The van der Waals surface area contributed by atoms with Crippen molar-refractivity contribution < 1.29 is 14.5 Å². The molecule has 2 aromatic carbocycles. The molecule has 4 atom stereocenters. The summed E-state index contributed by atoms with van der Waals surface area (Å²) in [6.07, 6.45) is 6.61. The lowest BCUT2D eigenvalue weighted by Gasteiger charge is -2.22. The smallest absolute Gasteiger partial charge is 0.269 e. The number of non-ortho nitro benzene ring substituents is 1. The number of benzene rings is 2. The van der Waals surface area contributed by atoms with Gasteiger partial charge in [-0.15, -0.1) is 0 Å². The van der Waals surface area contributed by atoms with E-state index in [4.69, 9.17) is 0 Å². The van der Waals surface area contributed by atoms with Crippen molar-refractivity contribution in [2.75, 3.05) is 4.90 Å². The number of imide groups is 1. The largest absolute Gasteiger partial charge is 0.274 e. The standard InChI is InChI=1S/C23H18N2O4/c26-21-19-17-9-10-18(23(17)11-12-23)20(19)22(27)24(21)15-5-1-13(2-6-15)14-3-7-16(8-4-14)25(28)29/h1-10,17-20H,11-12H2/t17-,18-,19-,20-/m1/s1. The zero-order valence-corrected chi connectivity index (χ0v) is 15.5. The number of nitro groups is 1. The quantitative estimate of drug-likeness (QED) is 0.346. The fraction of sp³-hybridized carbons (Fsp3) is 0.304. The third-order valence-electron chi connectivity index (χ3n) is 7.39. The third kappa shape index (κ3) is 2.06. The van der Waals surface area contributed by atoms with E-state index in [1.54, 1.807) is 24.3 Å². The maximum absolute atomic E-state index is 13.2. The number of hydrogen-bond donors (Lipinski definition) is 0. The highest BCUT2D eigenvalue weighted by Crippen LogP contribution is 2.73. The number of nitrogens with zero attached hydrogens (tertiary/aromatic N) is 2. The lowest BCUT2D eigenvalue weighted by Crippen LogP contribution is -2.34. The van der Waals surface area contributed by atoms with Crippen LogP contribution in [0.2, 0.25) is 0 Å². The van der Waals surface area contributed by atoms with Gasteiger partial charge in [-0.1, -0.05) is 24.3 Å². The average molecular weight is 386 g/mol. The molecule has 6 heteroatoms. The molecule has 144 valence electrons. The second-order valence-electron chi connectivity index (χ2n) is 8.58. The third-order valence-corrected chi connectivity index (χ3v) is 7.39. The van der Waals surface area contributed by atoms with Gasteiger partial charge in [-0.3, -0.25) is 24.6 Å². The summed E-state index contributed by atoms with van der Waals surface area (Å²) in [5, 5.41) is 10.8. The monoisotopic (exact) mass is 386 g/mol. The van der Waals surface area contributed by atoms with Gasteiger partial charge in [-0.05, 0) is 65.5 Å². The summed E-state index contributed by atoms with van der Waals surface area (Å²) in [7, 11) is 0. The van der Waals surface area contributed by atoms with Crippen LogP contribution in [0.15, 0.2) is 60.7 Å². The number of rotatable bonds is 3. The van der Waals surface area contributed by atoms with Crippen LogP contribution < -0.4 is 4.90 Å². The minimum absolute atomic E-state index is 0.0434. The molecule has 2 aromatic rings. The predicted octanol–water partition coefficient (Wildman–Crippen LogP) is 3.96. The lowest BCUT2D eigenvalue weighted by molar-refractivity contribution is -0.384. The van der Waals surface area contributed by atoms with Crippen molar-refractivity contribution in [2.24, 2.45) is 29.1 Å². The van der Waals surface area contributed by atoms with E-state index in [2.05, 4.69) is 12.2 Å². The van der Waals surface area contributed by atoms with Crippen molar-refractivity contribution in [2.45, 2.75) is 12.8 Å². The van der Waals surface area contributed by atoms with E-state index in [0.29, 0.717) is 5.69 Å². The molecule has 0 unspecified atom stereocenters. The summed E-state index contributed by atoms with van der Waals surface area (Å²) in [5.74, 6) is -0.0854. The Morgan fingerprint density at radius 1 is 0.828 bits per heavy atom. The maximum Gasteiger partial charge on any atom is 0.269 e. The summed E-state index contributed by atoms with van der Waals surface area (Å²) in [6, 6.07) is 13.6. The van der Waals surface area contributed by atoms with Crippen LogP contribution in [-0.2, 0) is 9.59 Å². The second-order valence-corrected chi connectivity index (χ2v) is 8.58.